The van der Waals surface area contributed by atoms with E-state index in [1.807, 2.05) is 18.7 Å². The van der Waals surface area contributed by atoms with Crippen LogP contribution in [-0.4, -0.2) is 45.7 Å². The van der Waals surface area contributed by atoms with Crippen molar-refractivity contribution >= 4 is 17.4 Å². The molecule has 1 atom stereocenters. The summed E-state index contributed by atoms with van der Waals surface area (Å²) in [7, 11) is 0. The van der Waals surface area contributed by atoms with Gasteiger partial charge in [-0.1, -0.05) is 0 Å². The van der Waals surface area contributed by atoms with Crippen molar-refractivity contribution in [3.05, 3.63) is 41.0 Å². The summed E-state index contributed by atoms with van der Waals surface area (Å²) in [6, 6.07) is 5.10. The van der Waals surface area contributed by atoms with Gasteiger partial charge in [-0.3, -0.25) is 9.79 Å². The molecule has 2 aromatic rings. The van der Waals surface area contributed by atoms with E-state index in [0.717, 1.165) is 6.07 Å². The van der Waals surface area contributed by atoms with Gasteiger partial charge in [0.15, 0.2) is 0 Å². The van der Waals surface area contributed by atoms with Crippen molar-refractivity contribution < 1.29 is 23.1 Å². The van der Waals surface area contributed by atoms with Crippen LogP contribution in [0.25, 0.3) is 11.3 Å². The summed E-state index contributed by atoms with van der Waals surface area (Å²) in [5, 5.41) is 10.2. The van der Waals surface area contributed by atoms with Crippen LogP contribution in [0.4, 0.5) is 19.0 Å². The van der Waals surface area contributed by atoms with Gasteiger partial charge in [-0.2, -0.15) is 13.2 Å². The molecule has 9 heteroatoms. The number of aryl methyl sites for hydroxylation is 1. The van der Waals surface area contributed by atoms with Gasteiger partial charge < -0.3 is 15.7 Å². The number of alkyl halides is 3. The third kappa shape index (κ3) is 4.87. The molecule has 1 aliphatic rings. The van der Waals surface area contributed by atoms with Crippen LogP contribution in [-0.2, 0) is 11.0 Å². The maximum atomic E-state index is 13.0. The molecule has 3 N–H and O–H groups in total. The first-order valence-corrected chi connectivity index (χ1v) is 10.4. The van der Waals surface area contributed by atoms with Crippen molar-refractivity contribution in [2.45, 2.75) is 46.3 Å². The maximum Gasteiger partial charge on any atom is 0.416 e. The number of carbonyl (C=O) groups excluding carboxylic acids is 1. The van der Waals surface area contributed by atoms with Gasteiger partial charge in [0.05, 0.1) is 11.3 Å². The molecule has 32 heavy (non-hydrogen) atoms. The lowest BCUT2D eigenvalue weighted by atomic mass is 9.99. The number of phenols is 1. The minimum atomic E-state index is -4.55. The van der Waals surface area contributed by atoms with Crippen molar-refractivity contribution in [2.24, 2.45) is 10.9 Å². The number of aromatic hydroxyl groups is 1. The number of nitrogens with zero attached hydrogens (tertiary/aromatic N) is 3. The zero-order valence-corrected chi connectivity index (χ0v) is 18.5. The Labute approximate surface area is 185 Å². The minimum Gasteiger partial charge on any atom is -0.507 e. The number of hydrogen-bond donors (Lipinski definition) is 2. The smallest absolute Gasteiger partial charge is 0.416 e. The van der Waals surface area contributed by atoms with Crippen molar-refractivity contribution in [3.8, 4) is 17.0 Å². The molecule has 0 aliphatic carbocycles. The summed E-state index contributed by atoms with van der Waals surface area (Å²) in [5.74, 6) is -0.0770. The van der Waals surface area contributed by atoms with Crippen LogP contribution in [0.2, 0.25) is 0 Å². The second kappa shape index (κ2) is 8.80. The number of phenolic OH excluding ortho intramolecular Hbond substituents is 1. The molecule has 0 saturated carbocycles. The lowest BCUT2D eigenvalue weighted by molar-refractivity contribution is -0.137. The Hall–Kier alpha value is -3.10. The van der Waals surface area contributed by atoms with Crippen LogP contribution < -0.4 is 5.73 Å². The highest BCUT2D eigenvalue weighted by atomic mass is 19.4. The van der Waals surface area contributed by atoms with Gasteiger partial charge in [-0.15, -0.1) is 0 Å². The number of nitrogens with two attached hydrogens (primary N) is 1. The minimum absolute atomic E-state index is 0.134. The zero-order chi connectivity index (χ0) is 23.8. The average Bonchev–Trinajstić information content (AvgIpc) is 3.06. The van der Waals surface area contributed by atoms with E-state index in [1.54, 1.807) is 19.1 Å². The van der Waals surface area contributed by atoms with Gasteiger partial charge in [0, 0.05) is 48.3 Å². The number of pyridine rings is 1. The summed E-state index contributed by atoms with van der Waals surface area (Å²) < 4.78 is 38.9. The topological polar surface area (TPSA) is 91.8 Å². The molecule has 1 aromatic heterocycles. The van der Waals surface area contributed by atoms with Crippen LogP contribution in [0, 0.1) is 12.8 Å². The number of carbonyl (C=O) groups is 1. The number of likely N-dealkylation sites (tertiary alicyclic amines) is 1. The Balaban J connectivity index is 1.81. The molecule has 6 nitrogen and oxygen atoms in total. The van der Waals surface area contributed by atoms with E-state index in [1.165, 1.54) is 6.92 Å². The second-order valence-electron chi connectivity index (χ2n) is 8.45. The predicted octanol–water partition coefficient (Wildman–Crippen LogP) is 4.43. The van der Waals surface area contributed by atoms with Gasteiger partial charge >= 0.3 is 6.18 Å². The first kappa shape index (κ1) is 23.6. The summed E-state index contributed by atoms with van der Waals surface area (Å²) in [6.07, 6.45) is -4.09. The molecule has 3 rings (SSSR count). The van der Waals surface area contributed by atoms with E-state index in [4.69, 9.17) is 5.73 Å². The second-order valence-corrected chi connectivity index (χ2v) is 8.45. The van der Waals surface area contributed by atoms with Gasteiger partial charge in [0.1, 0.15) is 11.6 Å². The number of anilines is 1. The van der Waals surface area contributed by atoms with Gasteiger partial charge in [-0.25, -0.2) is 4.98 Å². The number of aromatic nitrogens is 1. The molecular weight excluding hydrogens is 421 g/mol. The highest BCUT2D eigenvalue weighted by Crippen LogP contribution is 2.38. The van der Waals surface area contributed by atoms with Crippen LogP contribution in [0.3, 0.4) is 0 Å². The molecule has 172 valence electrons. The van der Waals surface area contributed by atoms with Crippen LogP contribution in [0.5, 0.6) is 5.75 Å². The fourth-order valence-corrected chi connectivity index (χ4v) is 3.97. The largest absolute Gasteiger partial charge is 0.507 e. The molecule has 1 amide bonds. The fraction of sp³-hybridized carbons (Fsp3) is 0.435. The summed E-state index contributed by atoms with van der Waals surface area (Å²) in [4.78, 5) is 22.8. The Kier molecular flexibility index (Phi) is 6.48. The summed E-state index contributed by atoms with van der Waals surface area (Å²) in [6.45, 7) is 8.40. The molecule has 1 aliphatic heterocycles. The fourth-order valence-electron chi connectivity index (χ4n) is 3.97. The molecule has 1 fully saturated rings. The molecular formula is C23H27F3N4O2. The van der Waals surface area contributed by atoms with E-state index in [-0.39, 0.29) is 40.5 Å². The number of aliphatic imine (C=N–C) groups is 1. The quantitative estimate of drug-likeness (QED) is 0.662. The Bertz CT molecular complexity index is 1040. The molecule has 0 spiro atoms. The van der Waals surface area contributed by atoms with Crippen LogP contribution in [0.15, 0.2) is 29.3 Å². The average molecular weight is 448 g/mol. The zero-order valence-electron chi connectivity index (χ0n) is 18.5. The third-order valence-corrected chi connectivity index (χ3v) is 5.66. The predicted molar refractivity (Wildman–Crippen MR) is 118 cm³/mol. The number of halogens is 3. The number of nitrogen functional groups attached to an aromatic ring is 1. The highest BCUT2D eigenvalue weighted by Gasteiger charge is 2.32. The first-order chi connectivity index (χ1) is 14.9. The number of amides is 1. The van der Waals surface area contributed by atoms with Crippen molar-refractivity contribution in [3.63, 3.8) is 0 Å². The van der Waals surface area contributed by atoms with E-state index in [0.29, 0.717) is 36.9 Å². The van der Waals surface area contributed by atoms with Crippen molar-refractivity contribution in [1.29, 1.82) is 0 Å². The van der Waals surface area contributed by atoms with Crippen LogP contribution in [0.1, 0.15) is 43.9 Å². The Morgan fingerprint density at radius 2 is 2.03 bits per heavy atom. The first-order valence-electron chi connectivity index (χ1n) is 10.4. The monoisotopic (exact) mass is 448 g/mol. The SMILES string of the molecule is CC(=NCC1CC(=O)N(C(C)C)C1)c1ccc(-c2c(C)cc(C(F)(F)F)cc2O)nc1N. The van der Waals surface area contributed by atoms with E-state index in [9.17, 15) is 23.1 Å². The molecule has 1 aromatic carbocycles. The van der Waals surface area contributed by atoms with Gasteiger partial charge in [-0.05, 0) is 57.5 Å². The molecule has 1 saturated heterocycles. The van der Waals surface area contributed by atoms with E-state index in [2.05, 4.69) is 9.98 Å². The molecule has 1 unspecified atom stereocenters. The van der Waals surface area contributed by atoms with Gasteiger partial charge in [0.2, 0.25) is 5.91 Å². The van der Waals surface area contributed by atoms with E-state index >= 15 is 0 Å². The van der Waals surface area contributed by atoms with Crippen molar-refractivity contribution in [1.82, 2.24) is 9.88 Å². The molecule has 0 bridgehead atoms. The number of benzene rings is 1. The van der Waals surface area contributed by atoms with E-state index < -0.39 is 17.5 Å². The number of hydrogen-bond acceptors (Lipinski definition) is 5. The molecule has 2 heterocycles. The lowest BCUT2D eigenvalue weighted by Crippen LogP contribution is -2.32. The molecule has 0 radical (unpaired) electrons. The Morgan fingerprint density at radius 3 is 2.56 bits per heavy atom. The highest BCUT2D eigenvalue weighted by molar-refractivity contribution is 6.02. The van der Waals surface area contributed by atoms with Crippen molar-refractivity contribution in [2.75, 3.05) is 18.8 Å². The summed E-state index contributed by atoms with van der Waals surface area (Å²) in [5.41, 5.74) is 7.15. The summed E-state index contributed by atoms with van der Waals surface area (Å²) >= 11 is 0. The lowest BCUT2D eigenvalue weighted by Gasteiger charge is -2.20. The number of rotatable bonds is 5. The third-order valence-electron chi connectivity index (χ3n) is 5.66. The normalized spacial score (nSPS) is 17.5. The Morgan fingerprint density at radius 1 is 1.34 bits per heavy atom. The van der Waals surface area contributed by atoms with Crippen LogP contribution >= 0.6 is 0 Å². The standard InChI is InChI=1S/C23H27F3N4O2/c1-12(2)30-11-15(8-20(30)32)10-28-14(4)17-5-6-18(29-22(17)27)21-13(3)7-16(9-19(21)31)23(24,25)26/h5-7,9,12,15,31H,8,10-11H2,1-4H3,(H2,27,29). The van der Waals surface area contributed by atoms with Gasteiger partial charge in [0.25, 0.3) is 0 Å². The maximum absolute atomic E-state index is 13.0.